The number of sulfonamides is 1. The first kappa shape index (κ1) is 21.4. The van der Waals surface area contributed by atoms with Crippen molar-refractivity contribution in [3.8, 4) is 0 Å². The highest BCUT2D eigenvalue weighted by Crippen LogP contribution is 2.25. The fourth-order valence-electron chi connectivity index (χ4n) is 4.20. The molecule has 2 aromatic carbocycles. The Balaban J connectivity index is 1.33. The third-order valence-electron chi connectivity index (χ3n) is 6.01. The first-order chi connectivity index (χ1) is 14.8. The van der Waals surface area contributed by atoms with Crippen LogP contribution in [0.3, 0.4) is 0 Å². The van der Waals surface area contributed by atoms with Crippen LogP contribution in [-0.2, 0) is 10.0 Å². The molecule has 2 aliphatic rings. The van der Waals surface area contributed by atoms with E-state index < -0.39 is 10.0 Å². The molecular weight excluding hydrogens is 414 g/mol. The Kier molecular flexibility index (Phi) is 6.00. The molecule has 2 amide bonds. The van der Waals surface area contributed by atoms with E-state index in [4.69, 9.17) is 0 Å². The number of likely N-dealkylation sites (tertiary alicyclic amines) is 1. The lowest BCUT2D eigenvalue weighted by Crippen LogP contribution is -2.46. The number of nitrogens with zero attached hydrogens (tertiary/aromatic N) is 2. The standard InChI is InChI=1S/C23H27N3O4S/c1-17-5-2-3-6-21(17)22(27)24-19-11-14-25(15-12-19)23(28)18-7-9-20(10-8-18)26-13-4-16-31(26,29)30/h2-3,5-10,19H,4,11-16H2,1H3,(H,24,27). The molecule has 0 aliphatic carbocycles. The highest BCUT2D eigenvalue weighted by molar-refractivity contribution is 7.93. The van der Waals surface area contributed by atoms with Gasteiger partial charge in [0.25, 0.3) is 11.8 Å². The van der Waals surface area contributed by atoms with Gasteiger partial charge in [0.15, 0.2) is 0 Å². The zero-order valence-electron chi connectivity index (χ0n) is 17.6. The van der Waals surface area contributed by atoms with Crippen molar-refractivity contribution in [1.82, 2.24) is 10.2 Å². The molecule has 0 spiro atoms. The highest BCUT2D eigenvalue weighted by atomic mass is 32.2. The second-order valence-corrected chi connectivity index (χ2v) is 10.2. The summed E-state index contributed by atoms with van der Waals surface area (Å²) in [4.78, 5) is 27.2. The smallest absolute Gasteiger partial charge is 0.253 e. The number of benzene rings is 2. The number of rotatable bonds is 4. The van der Waals surface area contributed by atoms with Crippen molar-refractivity contribution < 1.29 is 18.0 Å². The van der Waals surface area contributed by atoms with Gasteiger partial charge in [0.1, 0.15) is 0 Å². The van der Waals surface area contributed by atoms with Gasteiger partial charge in [-0.05, 0) is 62.1 Å². The van der Waals surface area contributed by atoms with Crippen LogP contribution < -0.4 is 9.62 Å². The molecule has 0 radical (unpaired) electrons. The van der Waals surface area contributed by atoms with Crippen LogP contribution in [0.5, 0.6) is 0 Å². The van der Waals surface area contributed by atoms with E-state index in [9.17, 15) is 18.0 Å². The molecule has 2 heterocycles. The third kappa shape index (κ3) is 4.58. The molecule has 4 rings (SSSR count). The SMILES string of the molecule is Cc1ccccc1C(=O)NC1CCN(C(=O)c2ccc(N3CCCS3(=O)=O)cc2)CC1. The van der Waals surface area contributed by atoms with Gasteiger partial charge in [-0.25, -0.2) is 8.42 Å². The van der Waals surface area contributed by atoms with E-state index in [0.29, 0.717) is 55.7 Å². The van der Waals surface area contributed by atoms with Crippen molar-refractivity contribution >= 4 is 27.5 Å². The van der Waals surface area contributed by atoms with Crippen LogP contribution in [0.4, 0.5) is 5.69 Å². The number of nitrogens with one attached hydrogen (secondary N) is 1. The van der Waals surface area contributed by atoms with Crippen LogP contribution in [0, 0.1) is 6.92 Å². The Morgan fingerprint density at radius 3 is 2.26 bits per heavy atom. The maximum absolute atomic E-state index is 12.9. The van der Waals surface area contributed by atoms with Gasteiger partial charge >= 0.3 is 0 Å². The topological polar surface area (TPSA) is 86.8 Å². The Morgan fingerprint density at radius 2 is 1.65 bits per heavy atom. The van der Waals surface area contributed by atoms with Gasteiger partial charge in [-0.15, -0.1) is 0 Å². The molecule has 8 heteroatoms. The number of carbonyl (C=O) groups is 2. The average molecular weight is 442 g/mol. The second-order valence-electron chi connectivity index (χ2n) is 8.14. The number of amides is 2. The van der Waals surface area contributed by atoms with Crippen molar-refractivity contribution in [3.05, 3.63) is 65.2 Å². The summed E-state index contributed by atoms with van der Waals surface area (Å²) < 4.78 is 25.5. The van der Waals surface area contributed by atoms with Crippen LogP contribution in [0.15, 0.2) is 48.5 Å². The average Bonchev–Trinajstić information content (AvgIpc) is 3.13. The van der Waals surface area contributed by atoms with Crippen molar-refractivity contribution in [2.24, 2.45) is 0 Å². The molecule has 0 unspecified atom stereocenters. The number of anilines is 1. The Labute approximate surface area is 183 Å². The summed E-state index contributed by atoms with van der Waals surface area (Å²) in [5, 5.41) is 3.08. The maximum Gasteiger partial charge on any atom is 0.253 e. The molecule has 2 fully saturated rings. The first-order valence-electron chi connectivity index (χ1n) is 10.6. The lowest BCUT2D eigenvalue weighted by molar-refractivity contribution is 0.0698. The molecule has 31 heavy (non-hydrogen) atoms. The van der Waals surface area contributed by atoms with Crippen molar-refractivity contribution in [2.75, 3.05) is 29.7 Å². The summed E-state index contributed by atoms with van der Waals surface area (Å²) in [6.45, 7) is 3.54. The van der Waals surface area contributed by atoms with Gasteiger partial charge in [-0.3, -0.25) is 13.9 Å². The summed E-state index contributed by atoms with van der Waals surface area (Å²) in [7, 11) is -3.23. The molecule has 0 atom stereocenters. The maximum atomic E-state index is 12.9. The summed E-state index contributed by atoms with van der Waals surface area (Å²) in [5.41, 5.74) is 2.77. The van der Waals surface area contributed by atoms with Crippen LogP contribution in [0.2, 0.25) is 0 Å². The van der Waals surface area contributed by atoms with E-state index in [1.807, 2.05) is 31.2 Å². The third-order valence-corrected chi connectivity index (χ3v) is 7.88. The molecular formula is C23H27N3O4S. The molecule has 0 bridgehead atoms. The summed E-state index contributed by atoms with van der Waals surface area (Å²) >= 11 is 0. The molecule has 2 saturated heterocycles. The number of carbonyl (C=O) groups excluding carboxylic acids is 2. The number of hydrogen-bond acceptors (Lipinski definition) is 4. The minimum Gasteiger partial charge on any atom is -0.349 e. The first-order valence-corrected chi connectivity index (χ1v) is 12.2. The Bertz CT molecular complexity index is 1070. The van der Waals surface area contributed by atoms with E-state index in [2.05, 4.69) is 5.32 Å². The predicted octanol–water partition coefficient (Wildman–Crippen LogP) is 2.57. The summed E-state index contributed by atoms with van der Waals surface area (Å²) in [6.07, 6.45) is 2.03. The summed E-state index contributed by atoms with van der Waals surface area (Å²) in [6, 6.07) is 14.3. The van der Waals surface area contributed by atoms with E-state index in [1.165, 1.54) is 4.31 Å². The van der Waals surface area contributed by atoms with Crippen LogP contribution in [-0.4, -0.2) is 56.6 Å². The lowest BCUT2D eigenvalue weighted by atomic mass is 10.0. The van der Waals surface area contributed by atoms with Crippen LogP contribution in [0.1, 0.15) is 45.5 Å². The fourth-order valence-corrected chi connectivity index (χ4v) is 5.76. The Hall–Kier alpha value is -2.87. The fraction of sp³-hybridized carbons (Fsp3) is 0.391. The van der Waals surface area contributed by atoms with E-state index in [1.54, 1.807) is 29.2 Å². The number of hydrogen-bond donors (Lipinski definition) is 1. The quantitative estimate of drug-likeness (QED) is 0.790. The van der Waals surface area contributed by atoms with Gasteiger partial charge < -0.3 is 10.2 Å². The molecule has 2 aliphatic heterocycles. The molecule has 2 aromatic rings. The zero-order chi connectivity index (χ0) is 22.0. The normalized spacial score (nSPS) is 18.7. The summed E-state index contributed by atoms with van der Waals surface area (Å²) in [5.74, 6) is 0.0260. The lowest BCUT2D eigenvalue weighted by Gasteiger charge is -2.32. The predicted molar refractivity (Wildman–Crippen MR) is 120 cm³/mol. The molecule has 164 valence electrons. The van der Waals surface area contributed by atoms with Gasteiger partial charge in [0.2, 0.25) is 10.0 Å². The molecule has 1 N–H and O–H groups in total. The van der Waals surface area contributed by atoms with Gasteiger partial charge in [-0.2, -0.15) is 0 Å². The number of piperidine rings is 1. The highest BCUT2D eigenvalue weighted by Gasteiger charge is 2.29. The second kappa shape index (κ2) is 8.70. The molecule has 0 saturated carbocycles. The number of aryl methyl sites for hydroxylation is 1. The Morgan fingerprint density at radius 1 is 0.968 bits per heavy atom. The van der Waals surface area contributed by atoms with E-state index in [0.717, 1.165) is 5.56 Å². The van der Waals surface area contributed by atoms with Gasteiger partial charge in [-0.1, -0.05) is 18.2 Å². The van der Waals surface area contributed by atoms with E-state index in [-0.39, 0.29) is 23.6 Å². The molecule has 0 aromatic heterocycles. The van der Waals surface area contributed by atoms with Crippen molar-refractivity contribution in [2.45, 2.75) is 32.2 Å². The van der Waals surface area contributed by atoms with Gasteiger partial charge in [0, 0.05) is 36.8 Å². The molecule has 7 nitrogen and oxygen atoms in total. The van der Waals surface area contributed by atoms with Crippen molar-refractivity contribution in [1.29, 1.82) is 0 Å². The van der Waals surface area contributed by atoms with Crippen molar-refractivity contribution in [3.63, 3.8) is 0 Å². The van der Waals surface area contributed by atoms with Crippen LogP contribution >= 0.6 is 0 Å². The monoisotopic (exact) mass is 441 g/mol. The largest absolute Gasteiger partial charge is 0.349 e. The van der Waals surface area contributed by atoms with Crippen LogP contribution in [0.25, 0.3) is 0 Å². The van der Waals surface area contributed by atoms with E-state index >= 15 is 0 Å². The minimum absolute atomic E-state index is 0.0407. The van der Waals surface area contributed by atoms with Gasteiger partial charge in [0.05, 0.1) is 11.4 Å². The minimum atomic E-state index is -3.23. The zero-order valence-corrected chi connectivity index (χ0v) is 18.4.